The van der Waals surface area contributed by atoms with Crippen molar-refractivity contribution in [3.05, 3.63) is 92.3 Å². The maximum atomic E-state index is 13.5. The molecule has 0 aliphatic carbocycles. The monoisotopic (exact) mass is 473 g/mol. The third kappa shape index (κ3) is 4.96. The predicted molar refractivity (Wildman–Crippen MR) is 138 cm³/mol. The molecule has 35 heavy (non-hydrogen) atoms. The number of benzene rings is 2. The number of aromatic nitrogens is 4. The number of nitrogens with zero attached hydrogens (tertiary/aromatic N) is 4. The standard InChI is InChI=1S/C27H31N5O3/c1-5-32-25-24(19(4)29-32)31(17-23(33)28-22-13-11-21(12-14-22)18(2)3)27(35)30(26(25)34)16-15-20-9-7-6-8-10-20/h6-14,18H,5,15-17H2,1-4H3,(H,28,33). The van der Waals surface area contributed by atoms with Crippen LogP contribution in [0.15, 0.2) is 64.2 Å². The van der Waals surface area contributed by atoms with Crippen LogP contribution in [0, 0.1) is 6.92 Å². The molecule has 0 saturated heterocycles. The Morgan fingerprint density at radius 1 is 0.971 bits per heavy atom. The average Bonchev–Trinajstić information content (AvgIpc) is 3.19. The van der Waals surface area contributed by atoms with E-state index in [1.807, 2.05) is 61.5 Å². The number of amides is 1. The van der Waals surface area contributed by atoms with Gasteiger partial charge in [-0.15, -0.1) is 0 Å². The van der Waals surface area contributed by atoms with Gasteiger partial charge in [-0.1, -0.05) is 56.3 Å². The van der Waals surface area contributed by atoms with E-state index in [-0.39, 0.29) is 24.6 Å². The molecule has 182 valence electrons. The number of carbonyl (C=O) groups is 1. The second-order valence-corrected chi connectivity index (χ2v) is 8.98. The smallest absolute Gasteiger partial charge is 0.325 e. The highest BCUT2D eigenvalue weighted by molar-refractivity contribution is 5.91. The van der Waals surface area contributed by atoms with Gasteiger partial charge in [0.05, 0.1) is 5.69 Å². The summed E-state index contributed by atoms with van der Waals surface area (Å²) >= 11 is 0. The van der Waals surface area contributed by atoms with Gasteiger partial charge in [0.15, 0.2) is 5.52 Å². The second kappa shape index (κ2) is 10.1. The SMILES string of the molecule is CCn1nc(C)c2c1c(=O)n(CCc1ccccc1)c(=O)n2CC(=O)Nc1ccc(C(C)C)cc1. The summed E-state index contributed by atoms with van der Waals surface area (Å²) in [7, 11) is 0. The van der Waals surface area contributed by atoms with Gasteiger partial charge in [-0.3, -0.25) is 23.4 Å². The number of anilines is 1. The largest absolute Gasteiger partial charge is 0.332 e. The van der Waals surface area contributed by atoms with Crippen LogP contribution in [0.1, 0.15) is 43.5 Å². The summed E-state index contributed by atoms with van der Waals surface area (Å²) in [5.74, 6) is 0.0456. The van der Waals surface area contributed by atoms with Crippen molar-refractivity contribution < 1.29 is 4.79 Å². The van der Waals surface area contributed by atoms with Gasteiger partial charge in [0.1, 0.15) is 12.1 Å². The Morgan fingerprint density at radius 2 is 1.66 bits per heavy atom. The average molecular weight is 474 g/mol. The Balaban J connectivity index is 1.71. The summed E-state index contributed by atoms with van der Waals surface area (Å²) < 4.78 is 4.19. The van der Waals surface area contributed by atoms with Gasteiger partial charge in [-0.2, -0.15) is 5.10 Å². The molecule has 0 aliphatic heterocycles. The molecule has 0 radical (unpaired) electrons. The van der Waals surface area contributed by atoms with E-state index in [2.05, 4.69) is 24.3 Å². The Kier molecular flexibility index (Phi) is 7.00. The predicted octanol–water partition coefficient (Wildman–Crippen LogP) is 3.69. The normalized spacial score (nSPS) is 11.3. The molecule has 0 saturated carbocycles. The first kappa shape index (κ1) is 24.2. The van der Waals surface area contributed by atoms with E-state index in [0.717, 1.165) is 5.56 Å². The number of rotatable bonds is 8. The number of fused-ring (bicyclic) bond motifs is 1. The Hall–Kier alpha value is -3.94. The van der Waals surface area contributed by atoms with Gasteiger partial charge in [0.2, 0.25) is 5.91 Å². The first-order chi connectivity index (χ1) is 16.8. The summed E-state index contributed by atoms with van der Waals surface area (Å²) in [6.07, 6.45) is 0.523. The third-order valence-corrected chi connectivity index (χ3v) is 6.20. The lowest BCUT2D eigenvalue weighted by Crippen LogP contribution is -2.42. The lowest BCUT2D eigenvalue weighted by atomic mass is 10.0. The van der Waals surface area contributed by atoms with E-state index in [0.29, 0.717) is 41.3 Å². The van der Waals surface area contributed by atoms with Gasteiger partial charge in [0.25, 0.3) is 5.56 Å². The molecule has 8 nitrogen and oxygen atoms in total. The fraction of sp³-hybridized carbons (Fsp3) is 0.333. The molecular weight excluding hydrogens is 442 g/mol. The highest BCUT2D eigenvalue weighted by Gasteiger charge is 2.21. The fourth-order valence-electron chi connectivity index (χ4n) is 4.32. The molecule has 4 aromatic rings. The third-order valence-electron chi connectivity index (χ3n) is 6.20. The molecule has 1 amide bonds. The van der Waals surface area contributed by atoms with Gasteiger partial charge < -0.3 is 5.32 Å². The summed E-state index contributed by atoms with van der Waals surface area (Å²) in [6.45, 7) is 8.33. The molecule has 2 aromatic carbocycles. The van der Waals surface area contributed by atoms with E-state index >= 15 is 0 Å². The minimum atomic E-state index is -0.512. The summed E-state index contributed by atoms with van der Waals surface area (Å²) in [5.41, 5.74) is 3.24. The summed E-state index contributed by atoms with van der Waals surface area (Å²) in [4.78, 5) is 39.8. The van der Waals surface area contributed by atoms with E-state index in [4.69, 9.17) is 0 Å². The lowest BCUT2D eigenvalue weighted by Gasteiger charge is -2.14. The minimum Gasteiger partial charge on any atom is -0.325 e. The molecule has 4 rings (SSSR count). The van der Waals surface area contributed by atoms with Crippen molar-refractivity contribution in [2.45, 2.75) is 59.7 Å². The van der Waals surface area contributed by atoms with Crippen LogP contribution in [0.25, 0.3) is 11.0 Å². The van der Waals surface area contributed by atoms with Crippen LogP contribution < -0.4 is 16.6 Å². The molecular formula is C27H31N5O3. The van der Waals surface area contributed by atoms with Crippen LogP contribution in [-0.4, -0.2) is 24.8 Å². The maximum Gasteiger partial charge on any atom is 0.332 e. The number of hydrogen-bond acceptors (Lipinski definition) is 4. The van der Waals surface area contributed by atoms with Crippen molar-refractivity contribution in [3.63, 3.8) is 0 Å². The van der Waals surface area contributed by atoms with Crippen LogP contribution in [-0.2, 0) is 30.8 Å². The van der Waals surface area contributed by atoms with E-state index in [1.54, 1.807) is 11.6 Å². The minimum absolute atomic E-state index is 0.212. The molecule has 0 unspecified atom stereocenters. The molecule has 0 aliphatic rings. The molecule has 0 spiro atoms. The van der Waals surface area contributed by atoms with Crippen LogP contribution in [0.4, 0.5) is 5.69 Å². The first-order valence-electron chi connectivity index (χ1n) is 11.9. The number of nitrogens with one attached hydrogen (secondary N) is 1. The quantitative estimate of drug-likeness (QED) is 0.423. The van der Waals surface area contributed by atoms with Crippen LogP contribution >= 0.6 is 0 Å². The highest BCUT2D eigenvalue weighted by Crippen LogP contribution is 2.18. The molecule has 2 aromatic heterocycles. The van der Waals surface area contributed by atoms with Gasteiger partial charge >= 0.3 is 5.69 Å². The van der Waals surface area contributed by atoms with Crippen LogP contribution in [0.3, 0.4) is 0 Å². The Bertz CT molecular complexity index is 1460. The Labute approximate surface area is 203 Å². The van der Waals surface area contributed by atoms with Gasteiger partial charge in [-0.25, -0.2) is 4.79 Å². The molecule has 0 atom stereocenters. The molecule has 0 fully saturated rings. The molecule has 8 heteroatoms. The van der Waals surface area contributed by atoms with Crippen molar-refractivity contribution in [2.24, 2.45) is 0 Å². The zero-order chi connectivity index (χ0) is 25.1. The van der Waals surface area contributed by atoms with Gasteiger partial charge in [-0.05, 0) is 49.4 Å². The van der Waals surface area contributed by atoms with Crippen molar-refractivity contribution in [3.8, 4) is 0 Å². The van der Waals surface area contributed by atoms with Crippen LogP contribution in [0.2, 0.25) is 0 Å². The van der Waals surface area contributed by atoms with E-state index in [9.17, 15) is 14.4 Å². The molecule has 1 N–H and O–H groups in total. The molecule has 2 heterocycles. The van der Waals surface area contributed by atoms with Crippen molar-refractivity contribution in [2.75, 3.05) is 5.32 Å². The van der Waals surface area contributed by atoms with Crippen molar-refractivity contribution in [1.82, 2.24) is 18.9 Å². The van der Waals surface area contributed by atoms with Crippen molar-refractivity contribution in [1.29, 1.82) is 0 Å². The first-order valence-corrected chi connectivity index (χ1v) is 11.9. The Morgan fingerprint density at radius 3 is 2.29 bits per heavy atom. The van der Waals surface area contributed by atoms with Crippen LogP contribution in [0.5, 0.6) is 0 Å². The maximum absolute atomic E-state index is 13.5. The highest BCUT2D eigenvalue weighted by atomic mass is 16.2. The summed E-state index contributed by atoms with van der Waals surface area (Å²) in [5, 5.41) is 7.33. The fourth-order valence-corrected chi connectivity index (χ4v) is 4.32. The van der Waals surface area contributed by atoms with Gasteiger partial charge in [0, 0.05) is 18.8 Å². The number of carbonyl (C=O) groups excluding carboxylic acids is 1. The number of aryl methyl sites for hydroxylation is 3. The van der Waals surface area contributed by atoms with E-state index in [1.165, 1.54) is 14.7 Å². The second-order valence-electron chi connectivity index (χ2n) is 8.98. The molecule has 0 bridgehead atoms. The van der Waals surface area contributed by atoms with Crippen molar-refractivity contribution >= 4 is 22.6 Å². The topological polar surface area (TPSA) is 90.9 Å². The lowest BCUT2D eigenvalue weighted by molar-refractivity contribution is -0.116. The number of hydrogen-bond donors (Lipinski definition) is 1. The zero-order valence-corrected chi connectivity index (χ0v) is 20.6. The zero-order valence-electron chi connectivity index (χ0n) is 20.6. The van der Waals surface area contributed by atoms with E-state index < -0.39 is 5.69 Å². The summed E-state index contributed by atoms with van der Waals surface area (Å²) in [6, 6.07) is 17.3.